The van der Waals surface area contributed by atoms with Gasteiger partial charge in [0.2, 0.25) is 0 Å². The Kier molecular flexibility index (Phi) is 6.25. The summed E-state index contributed by atoms with van der Waals surface area (Å²) in [6.45, 7) is 0. The molecule has 0 atom stereocenters. The van der Waals surface area contributed by atoms with Crippen molar-refractivity contribution < 1.29 is 0 Å². The van der Waals surface area contributed by atoms with Gasteiger partial charge in [-0.05, 0) is 77.9 Å². The molecular weight excluding hydrogens is 583 g/mol. The molecule has 0 spiro atoms. The van der Waals surface area contributed by atoms with Crippen LogP contribution in [0.25, 0.3) is 81.8 Å². The van der Waals surface area contributed by atoms with Crippen LogP contribution >= 0.6 is 11.3 Å². The molecule has 5 nitrogen and oxygen atoms in total. The summed E-state index contributed by atoms with van der Waals surface area (Å²) >= 11 is 1.72. The van der Waals surface area contributed by atoms with Crippen LogP contribution in [0.4, 0.5) is 0 Å². The van der Waals surface area contributed by atoms with Crippen LogP contribution in [0, 0.1) is 0 Å². The summed E-state index contributed by atoms with van der Waals surface area (Å²) in [6.07, 6.45) is 9.27. The lowest BCUT2D eigenvalue weighted by atomic mass is 10.0. The molecule has 5 heterocycles. The van der Waals surface area contributed by atoms with E-state index in [0.717, 1.165) is 71.0 Å². The summed E-state index contributed by atoms with van der Waals surface area (Å²) in [5.41, 5.74) is 11.9. The fraction of sp³-hybridized carbons (Fsp3) is 0. The van der Waals surface area contributed by atoms with E-state index in [4.69, 9.17) is 4.98 Å². The highest BCUT2D eigenvalue weighted by Gasteiger charge is 2.17. The van der Waals surface area contributed by atoms with Gasteiger partial charge < -0.3 is 4.57 Å². The van der Waals surface area contributed by atoms with Crippen molar-refractivity contribution in [2.75, 3.05) is 0 Å². The predicted octanol–water partition coefficient (Wildman–Crippen LogP) is 10.2. The van der Waals surface area contributed by atoms with E-state index < -0.39 is 0 Å². The maximum absolute atomic E-state index is 5.07. The van der Waals surface area contributed by atoms with E-state index in [9.17, 15) is 0 Å². The normalized spacial score (nSPS) is 11.5. The maximum Gasteiger partial charge on any atom is 0.124 e. The Bertz CT molecular complexity index is 2520. The quantitative estimate of drug-likeness (QED) is 0.195. The van der Waals surface area contributed by atoms with Crippen LogP contribution in [0.3, 0.4) is 0 Å². The fourth-order valence-corrected chi connectivity index (χ4v) is 7.25. The second-order valence-electron chi connectivity index (χ2n) is 11.2. The van der Waals surface area contributed by atoms with Crippen LogP contribution in [-0.2, 0) is 0 Å². The average molecular weight is 608 g/mol. The molecule has 0 unspecified atom stereocenters. The molecule has 0 aliphatic rings. The molecule has 0 radical (unpaired) electrons. The first-order chi connectivity index (χ1) is 22.8. The largest absolute Gasteiger partial charge is 0.309 e. The second-order valence-corrected chi connectivity index (χ2v) is 12.3. The maximum atomic E-state index is 5.07. The number of pyridine rings is 3. The predicted molar refractivity (Wildman–Crippen MR) is 189 cm³/mol. The van der Waals surface area contributed by atoms with Crippen molar-refractivity contribution in [3.05, 3.63) is 152 Å². The van der Waals surface area contributed by atoms with E-state index in [1.807, 2.05) is 49.1 Å². The van der Waals surface area contributed by atoms with E-state index in [2.05, 4.69) is 117 Å². The van der Waals surface area contributed by atoms with Gasteiger partial charge in [-0.15, -0.1) is 11.3 Å². The monoisotopic (exact) mass is 607 g/mol. The van der Waals surface area contributed by atoms with Crippen molar-refractivity contribution in [2.24, 2.45) is 0 Å². The number of hydrogen-bond donors (Lipinski definition) is 0. The SMILES string of the molecule is c1ccc(-c2cccc(-n3c4ccc(-c5cccnc5)cc4c4ccc(-c5nc6ccc(-c7cccnc7)cc6s5)cc43)c2)nc1. The Hall–Kier alpha value is -5.98. The van der Waals surface area contributed by atoms with E-state index in [1.54, 1.807) is 17.5 Å². The van der Waals surface area contributed by atoms with Gasteiger partial charge in [0.1, 0.15) is 5.01 Å². The summed E-state index contributed by atoms with van der Waals surface area (Å²) in [4.78, 5) is 18.3. The second kappa shape index (κ2) is 10.9. The number of rotatable bonds is 5. The molecule has 46 heavy (non-hydrogen) atoms. The minimum atomic E-state index is 0.949. The smallest absolute Gasteiger partial charge is 0.124 e. The van der Waals surface area contributed by atoms with E-state index >= 15 is 0 Å². The summed E-state index contributed by atoms with van der Waals surface area (Å²) in [5, 5.41) is 3.37. The third-order valence-electron chi connectivity index (χ3n) is 8.46. The first-order valence-electron chi connectivity index (χ1n) is 15.1. The van der Waals surface area contributed by atoms with Crippen LogP contribution in [0.5, 0.6) is 0 Å². The Balaban J connectivity index is 1.24. The van der Waals surface area contributed by atoms with Gasteiger partial charge in [-0.2, -0.15) is 0 Å². The number of thiazole rings is 1. The molecule has 0 amide bonds. The fourth-order valence-electron chi connectivity index (χ4n) is 6.24. The van der Waals surface area contributed by atoms with Crippen molar-refractivity contribution in [1.29, 1.82) is 0 Å². The molecule has 5 aromatic heterocycles. The van der Waals surface area contributed by atoms with Crippen LogP contribution in [0.2, 0.25) is 0 Å². The van der Waals surface area contributed by atoms with Crippen LogP contribution in [-0.4, -0.2) is 24.5 Å². The van der Waals surface area contributed by atoms with Crippen molar-refractivity contribution in [1.82, 2.24) is 24.5 Å². The topological polar surface area (TPSA) is 56.5 Å². The molecule has 0 saturated heterocycles. The molecule has 0 aliphatic heterocycles. The highest BCUT2D eigenvalue weighted by atomic mass is 32.1. The highest BCUT2D eigenvalue weighted by molar-refractivity contribution is 7.21. The van der Waals surface area contributed by atoms with Crippen molar-refractivity contribution in [3.8, 4) is 49.8 Å². The van der Waals surface area contributed by atoms with Gasteiger partial charge in [0, 0.05) is 69.7 Å². The van der Waals surface area contributed by atoms with Crippen molar-refractivity contribution in [3.63, 3.8) is 0 Å². The third kappa shape index (κ3) is 4.55. The Morgan fingerprint density at radius 1 is 0.500 bits per heavy atom. The zero-order valence-corrected chi connectivity index (χ0v) is 25.4. The number of fused-ring (bicyclic) bond motifs is 4. The van der Waals surface area contributed by atoms with Crippen molar-refractivity contribution in [2.45, 2.75) is 0 Å². The van der Waals surface area contributed by atoms with Gasteiger partial charge in [-0.1, -0.05) is 54.6 Å². The first-order valence-corrected chi connectivity index (χ1v) is 15.9. The Morgan fingerprint density at radius 2 is 1.28 bits per heavy atom. The van der Waals surface area contributed by atoms with Gasteiger partial charge in [0.15, 0.2) is 0 Å². The van der Waals surface area contributed by atoms with Gasteiger partial charge in [0.05, 0.1) is 26.9 Å². The first kappa shape index (κ1) is 26.4. The molecule has 216 valence electrons. The summed E-state index contributed by atoms with van der Waals surface area (Å²) in [6, 6.07) is 42.7. The van der Waals surface area contributed by atoms with Crippen LogP contribution < -0.4 is 0 Å². The number of aromatic nitrogens is 5. The lowest BCUT2D eigenvalue weighted by Gasteiger charge is -2.11. The molecule has 4 aromatic carbocycles. The Morgan fingerprint density at radius 3 is 2.07 bits per heavy atom. The lowest BCUT2D eigenvalue weighted by Crippen LogP contribution is -1.95. The zero-order chi connectivity index (χ0) is 30.5. The summed E-state index contributed by atoms with van der Waals surface area (Å²) in [5.74, 6) is 0. The van der Waals surface area contributed by atoms with Gasteiger partial charge >= 0.3 is 0 Å². The average Bonchev–Trinajstić information content (AvgIpc) is 3.71. The molecule has 6 heteroatoms. The van der Waals surface area contributed by atoms with Gasteiger partial charge in [-0.25, -0.2) is 4.98 Å². The molecular formula is C40H25N5S. The van der Waals surface area contributed by atoms with Gasteiger partial charge in [0.25, 0.3) is 0 Å². The van der Waals surface area contributed by atoms with E-state index in [0.29, 0.717) is 0 Å². The minimum absolute atomic E-state index is 0.949. The summed E-state index contributed by atoms with van der Waals surface area (Å²) < 4.78 is 3.52. The lowest BCUT2D eigenvalue weighted by molar-refractivity contribution is 1.18. The zero-order valence-electron chi connectivity index (χ0n) is 24.6. The molecule has 0 saturated carbocycles. The van der Waals surface area contributed by atoms with Gasteiger partial charge in [-0.3, -0.25) is 15.0 Å². The molecule has 0 fully saturated rings. The third-order valence-corrected chi connectivity index (χ3v) is 9.52. The minimum Gasteiger partial charge on any atom is -0.309 e. The molecule has 9 aromatic rings. The summed E-state index contributed by atoms with van der Waals surface area (Å²) in [7, 11) is 0. The molecule has 9 rings (SSSR count). The van der Waals surface area contributed by atoms with Crippen molar-refractivity contribution >= 4 is 43.4 Å². The van der Waals surface area contributed by atoms with E-state index in [1.165, 1.54) is 10.8 Å². The van der Waals surface area contributed by atoms with Crippen LogP contribution in [0.15, 0.2) is 152 Å². The van der Waals surface area contributed by atoms with Crippen LogP contribution in [0.1, 0.15) is 0 Å². The standard InChI is InChI=1S/C40H25N5S/c1-2-19-43-35(10-1)28-6-3-9-32(20-28)45-37-16-13-26(30-7-4-17-41-24-30)21-34(37)33-14-11-29(22-38(33)45)40-44-36-15-12-27(23-39(36)46-40)31-8-5-18-42-25-31/h1-25H. The molecule has 0 bridgehead atoms. The molecule has 0 N–H and O–H groups in total. The Labute approximate surface area is 269 Å². The number of benzene rings is 4. The highest BCUT2D eigenvalue weighted by Crippen LogP contribution is 2.39. The van der Waals surface area contributed by atoms with E-state index in [-0.39, 0.29) is 0 Å². The number of hydrogen-bond acceptors (Lipinski definition) is 5. The molecule has 0 aliphatic carbocycles. The number of nitrogens with zero attached hydrogens (tertiary/aromatic N) is 5.